The van der Waals surface area contributed by atoms with Crippen molar-refractivity contribution >= 4 is 5.95 Å². The molecule has 0 unspecified atom stereocenters. The van der Waals surface area contributed by atoms with Crippen LogP contribution in [0.3, 0.4) is 0 Å². The third-order valence-corrected chi connectivity index (χ3v) is 4.88. The van der Waals surface area contributed by atoms with Gasteiger partial charge in [0.1, 0.15) is 0 Å². The molecular formula is C17H21N5. The van der Waals surface area contributed by atoms with E-state index in [0.29, 0.717) is 0 Å². The Hall–Kier alpha value is -2.01. The summed E-state index contributed by atoms with van der Waals surface area (Å²) in [5.74, 6) is 2.41. The van der Waals surface area contributed by atoms with Crippen LogP contribution in [0.2, 0.25) is 0 Å². The van der Waals surface area contributed by atoms with Crippen molar-refractivity contribution in [1.82, 2.24) is 19.9 Å². The Labute approximate surface area is 131 Å². The van der Waals surface area contributed by atoms with E-state index >= 15 is 0 Å². The highest BCUT2D eigenvalue weighted by Crippen LogP contribution is 2.33. The maximum Gasteiger partial charge on any atom is 0.225 e. The van der Waals surface area contributed by atoms with Gasteiger partial charge >= 0.3 is 0 Å². The van der Waals surface area contributed by atoms with E-state index in [4.69, 9.17) is 0 Å². The Bertz CT molecular complexity index is 603. The molecule has 0 aromatic carbocycles. The van der Waals surface area contributed by atoms with Gasteiger partial charge in [-0.1, -0.05) is 0 Å². The summed E-state index contributed by atoms with van der Waals surface area (Å²) >= 11 is 0. The molecule has 0 amide bonds. The first-order valence-corrected chi connectivity index (χ1v) is 8.02. The summed E-state index contributed by atoms with van der Waals surface area (Å²) in [6.45, 7) is 5.59. The minimum absolute atomic E-state index is 0.736. The van der Waals surface area contributed by atoms with Crippen molar-refractivity contribution in [3.05, 3.63) is 48.5 Å². The summed E-state index contributed by atoms with van der Waals surface area (Å²) < 4.78 is 0. The van der Waals surface area contributed by atoms with Crippen molar-refractivity contribution in [2.24, 2.45) is 11.8 Å². The van der Waals surface area contributed by atoms with Gasteiger partial charge in [-0.05, 0) is 48.6 Å². The molecule has 4 heterocycles. The van der Waals surface area contributed by atoms with E-state index in [-0.39, 0.29) is 0 Å². The van der Waals surface area contributed by atoms with Crippen molar-refractivity contribution in [3.63, 3.8) is 0 Å². The van der Waals surface area contributed by atoms with Gasteiger partial charge in [0.2, 0.25) is 5.95 Å². The molecule has 2 aliphatic rings. The Balaban J connectivity index is 1.39. The van der Waals surface area contributed by atoms with Crippen LogP contribution in [0.4, 0.5) is 5.95 Å². The number of hydrogen-bond acceptors (Lipinski definition) is 5. The van der Waals surface area contributed by atoms with Crippen molar-refractivity contribution in [1.29, 1.82) is 0 Å². The number of hydrogen-bond donors (Lipinski definition) is 0. The van der Waals surface area contributed by atoms with Crippen LogP contribution in [0.15, 0.2) is 43.0 Å². The molecule has 0 radical (unpaired) electrons. The van der Waals surface area contributed by atoms with E-state index in [0.717, 1.165) is 37.4 Å². The molecule has 5 nitrogen and oxygen atoms in total. The predicted octanol–water partition coefficient (Wildman–Crippen LogP) is 1.83. The SMILES string of the molecule is c1cnc(N2C[C@H]3CCN(Cc4ccncc4)C[C@H]3C2)nc1. The van der Waals surface area contributed by atoms with Crippen LogP contribution < -0.4 is 4.90 Å². The Morgan fingerprint density at radius 3 is 2.55 bits per heavy atom. The fraction of sp³-hybridized carbons (Fsp3) is 0.471. The molecule has 0 N–H and O–H groups in total. The lowest BCUT2D eigenvalue weighted by Crippen LogP contribution is -2.39. The molecule has 0 saturated carbocycles. The highest BCUT2D eigenvalue weighted by Gasteiger charge is 2.37. The summed E-state index contributed by atoms with van der Waals surface area (Å²) in [7, 11) is 0. The standard InChI is InChI=1S/C17H21N5/c1-5-19-17(20-6-1)22-12-15-4-9-21(11-16(15)13-22)10-14-2-7-18-8-3-14/h1-3,5-8,15-16H,4,9-13H2/t15-,16+/m1/s1. The van der Waals surface area contributed by atoms with Crippen LogP contribution in [0.1, 0.15) is 12.0 Å². The molecule has 2 saturated heterocycles. The molecule has 22 heavy (non-hydrogen) atoms. The second kappa shape index (κ2) is 6.01. The zero-order valence-electron chi connectivity index (χ0n) is 12.7. The predicted molar refractivity (Wildman–Crippen MR) is 85.4 cm³/mol. The molecule has 114 valence electrons. The van der Waals surface area contributed by atoms with Crippen LogP contribution in [0, 0.1) is 11.8 Å². The summed E-state index contributed by atoms with van der Waals surface area (Å²) in [4.78, 5) is 17.8. The van der Waals surface area contributed by atoms with Crippen LogP contribution >= 0.6 is 0 Å². The van der Waals surface area contributed by atoms with Crippen LogP contribution in [0.25, 0.3) is 0 Å². The molecule has 4 rings (SSSR count). The van der Waals surface area contributed by atoms with Gasteiger partial charge in [0.15, 0.2) is 0 Å². The normalized spacial score (nSPS) is 25.2. The van der Waals surface area contributed by atoms with Gasteiger partial charge in [-0.15, -0.1) is 0 Å². The number of likely N-dealkylation sites (tertiary alicyclic amines) is 1. The summed E-state index contributed by atoms with van der Waals surface area (Å²) in [5, 5.41) is 0. The minimum Gasteiger partial charge on any atom is -0.340 e. The van der Waals surface area contributed by atoms with Crippen molar-refractivity contribution in [2.45, 2.75) is 13.0 Å². The number of piperidine rings is 1. The van der Waals surface area contributed by atoms with Gasteiger partial charge < -0.3 is 4.90 Å². The zero-order valence-corrected chi connectivity index (χ0v) is 12.7. The number of pyridine rings is 1. The van der Waals surface area contributed by atoms with E-state index in [1.165, 1.54) is 25.1 Å². The van der Waals surface area contributed by atoms with Crippen molar-refractivity contribution in [2.75, 3.05) is 31.1 Å². The second-order valence-corrected chi connectivity index (χ2v) is 6.35. The molecule has 5 heteroatoms. The molecule has 2 atom stereocenters. The Morgan fingerprint density at radius 1 is 0.955 bits per heavy atom. The average molecular weight is 295 g/mol. The summed E-state index contributed by atoms with van der Waals surface area (Å²) in [6.07, 6.45) is 8.71. The largest absolute Gasteiger partial charge is 0.340 e. The summed E-state index contributed by atoms with van der Waals surface area (Å²) in [5.41, 5.74) is 1.36. The van der Waals surface area contributed by atoms with Crippen LogP contribution in [-0.2, 0) is 6.54 Å². The molecule has 0 spiro atoms. The van der Waals surface area contributed by atoms with Crippen LogP contribution in [-0.4, -0.2) is 46.0 Å². The lowest BCUT2D eigenvalue weighted by Gasteiger charge is -2.34. The quantitative estimate of drug-likeness (QED) is 0.864. The lowest BCUT2D eigenvalue weighted by molar-refractivity contribution is 0.142. The maximum absolute atomic E-state index is 4.40. The molecule has 2 fully saturated rings. The lowest BCUT2D eigenvalue weighted by atomic mass is 9.88. The fourth-order valence-electron chi connectivity index (χ4n) is 3.75. The van der Waals surface area contributed by atoms with E-state index in [9.17, 15) is 0 Å². The molecule has 2 aromatic heterocycles. The van der Waals surface area contributed by atoms with E-state index in [1.54, 1.807) is 0 Å². The van der Waals surface area contributed by atoms with Gasteiger partial charge in [-0.25, -0.2) is 9.97 Å². The average Bonchev–Trinajstić information content (AvgIpc) is 3.00. The molecule has 0 bridgehead atoms. The topological polar surface area (TPSA) is 45.2 Å². The number of aromatic nitrogens is 3. The first kappa shape index (κ1) is 13.6. The van der Waals surface area contributed by atoms with Crippen molar-refractivity contribution in [3.8, 4) is 0 Å². The van der Waals surface area contributed by atoms with E-state index in [1.807, 2.05) is 30.9 Å². The molecule has 2 aromatic rings. The fourth-order valence-corrected chi connectivity index (χ4v) is 3.75. The van der Waals surface area contributed by atoms with Gasteiger partial charge in [0, 0.05) is 51.0 Å². The van der Waals surface area contributed by atoms with Gasteiger partial charge in [0.05, 0.1) is 0 Å². The monoisotopic (exact) mass is 295 g/mol. The van der Waals surface area contributed by atoms with Gasteiger partial charge in [-0.2, -0.15) is 0 Å². The third kappa shape index (κ3) is 2.81. The Kier molecular flexibility index (Phi) is 3.72. The first-order valence-electron chi connectivity index (χ1n) is 8.02. The smallest absolute Gasteiger partial charge is 0.225 e. The van der Waals surface area contributed by atoms with Crippen molar-refractivity contribution < 1.29 is 0 Å². The van der Waals surface area contributed by atoms with E-state index in [2.05, 4.69) is 36.9 Å². The molecule has 0 aliphatic carbocycles. The van der Waals surface area contributed by atoms with E-state index < -0.39 is 0 Å². The number of rotatable bonds is 3. The molecule has 2 aliphatic heterocycles. The van der Waals surface area contributed by atoms with Gasteiger partial charge in [0.25, 0.3) is 0 Å². The number of fused-ring (bicyclic) bond motifs is 1. The van der Waals surface area contributed by atoms with Gasteiger partial charge in [-0.3, -0.25) is 9.88 Å². The first-order chi connectivity index (χ1) is 10.9. The highest BCUT2D eigenvalue weighted by atomic mass is 15.3. The summed E-state index contributed by atoms with van der Waals surface area (Å²) in [6, 6.07) is 6.11. The maximum atomic E-state index is 4.40. The second-order valence-electron chi connectivity index (χ2n) is 6.35. The number of nitrogens with zero attached hydrogens (tertiary/aromatic N) is 5. The third-order valence-electron chi connectivity index (χ3n) is 4.88. The molecular weight excluding hydrogens is 274 g/mol. The minimum atomic E-state index is 0.736. The highest BCUT2D eigenvalue weighted by molar-refractivity contribution is 5.31. The zero-order chi connectivity index (χ0) is 14.8. The Morgan fingerprint density at radius 2 is 1.73 bits per heavy atom. The van der Waals surface area contributed by atoms with Crippen LogP contribution in [0.5, 0.6) is 0 Å². The number of anilines is 1.